The summed E-state index contributed by atoms with van der Waals surface area (Å²) in [6, 6.07) is 13.8. The second-order valence-electron chi connectivity index (χ2n) is 6.42. The number of nitrogens with zero attached hydrogens (tertiary/aromatic N) is 3. The Morgan fingerprint density at radius 3 is 2.85 bits per heavy atom. The highest BCUT2D eigenvalue weighted by atomic mass is 16.5. The van der Waals surface area contributed by atoms with Crippen LogP contribution in [0.1, 0.15) is 31.5 Å². The minimum atomic E-state index is -0.326. The van der Waals surface area contributed by atoms with Crippen LogP contribution in [0.15, 0.2) is 47.5 Å². The molecule has 1 unspecified atom stereocenters. The summed E-state index contributed by atoms with van der Waals surface area (Å²) in [5.41, 5.74) is 8.86. The van der Waals surface area contributed by atoms with Gasteiger partial charge in [-0.3, -0.25) is 9.88 Å². The summed E-state index contributed by atoms with van der Waals surface area (Å²) in [5, 5.41) is 3.05. The Kier molecular flexibility index (Phi) is 4.58. The van der Waals surface area contributed by atoms with Gasteiger partial charge in [0.05, 0.1) is 24.8 Å². The molecule has 2 aromatic carbocycles. The van der Waals surface area contributed by atoms with Gasteiger partial charge < -0.3 is 15.2 Å². The van der Waals surface area contributed by atoms with E-state index in [0.29, 0.717) is 30.0 Å². The Bertz CT molecular complexity index is 995. The Balaban J connectivity index is 1.78. The number of hydrogen-bond donors (Lipinski definition) is 2. The molecule has 7 heteroatoms. The molecule has 0 bridgehead atoms. The second-order valence-corrected chi connectivity index (χ2v) is 6.42. The van der Waals surface area contributed by atoms with E-state index in [1.165, 1.54) is 0 Å². The fraction of sp³-hybridized carbons (Fsp3) is 0.300. The van der Waals surface area contributed by atoms with Gasteiger partial charge >= 0.3 is 0 Å². The molecule has 27 heavy (non-hydrogen) atoms. The summed E-state index contributed by atoms with van der Waals surface area (Å²) in [7, 11) is 1.64. The number of nitrogens with one attached hydrogen (secondary N) is 1. The zero-order valence-corrected chi connectivity index (χ0v) is 15.5. The molecule has 4 rings (SSSR count). The van der Waals surface area contributed by atoms with Crippen molar-refractivity contribution in [3.63, 3.8) is 0 Å². The minimum absolute atomic E-state index is 0.326. The highest BCUT2D eigenvalue weighted by molar-refractivity contribution is 5.94. The van der Waals surface area contributed by atoms with E-state index >= 15 is 0 Å². The molecule has 3 aromatic rings. The number of aromatic nitrogens is 2. The van der Waals surface area contributed by atoms with Crippen LogP contribution in [0.25, 0.3) is 11.0 Å². The van der Waals surface area contributed by atoms with Crippen molar-refractivity contribution in [1.29, 1.82) is 0 Å². The van der Waals surface area contributed by atoms with Crippen LogP contribution >= 0.6 is 0 Å². The van der Waals surface area contributed by atoms with Crippen molar-refractivity contribution < 1.29 is 9.47 Å². The van der Waals surface area contributed by atoms with Crippen LogP contribution in [0.3, 0.4) is 0 Å². The first-order chi connectivity index (χ1) is 13.2. The number of anilines is 1. The third kappa shape index (κ3) is 3.16. The van der Waals surface area contributed by atoms with Gasteiger partial charge in [0.2, 0.25) is 5.95 Å². The minimum Gasteiger partial charge on any atom is -0.493 e. The SMILES string of the molecule is CCCCOc1cc(C2N=C(N)Nc3nc4ccccc4n32)ccc1OC. The van der Waals surface area contributed by atoms with Crippen LogP contribution in [0, 0.1) is 0 Å². The highest BCUT2D eigenvalue weighted by Gasteiger charge is 2.25. The fourth-order valence-corrected chi connectivity index (χ4v) is 3.23. The molecule has 0 radical (unpaired) electrons. The molecule has 140 valence electrons. The maximum Gasteiger partial charge on any atom is 0.212 e. The van der Waals surface area contributed by atoms with Crippen LogP contribution in [0.2, 0.25) is 0 Å². The predicted octanol–water partition coefficient (Wildman–Crippen LogP) is 3.51. The topological polar surface area (TPSA) is 86.7 Å². The van der Waals surface area contributed by atoms with E-state index < -0.39 is 0 Å². The third-order valence-electron chi connectivity index (χ3n) is 4.58. The van der Waals surface area contributed by atoms with Crippen LogP contribution < -0.4 is 20.5 Å². The molecule has 1 atom stereocenters. The number of benzene rings is 2. The first kappa shape index (κ1) is 17.2. The van der Waals surface area contributed by atoms with Gasteiger partial charge in [-0.2, -0.15) is 0 Å². The Hall–Kier alpha value is -3.22. The summed E-state index contributed by atoms with van der Waals surface area (Å²) in [6.45, 7) is 2.78. The van der Waals surface area contributed by atoms with E-state index in [4.69, 9.17) is 15.2 Å². The number of hydrogen-bond acceptors (Lipinski definition) is 6. The van der Waals surface area contributed by atoms with E-state index in [-0.39, 0.29) is 6.17 Å². The maximum absolute atomic E-state index is 6.02. The van der Waals surface area contributed by atoms with Crippen LogP contribution in [0.5, 0.6) is 11.5 Å². The standard InChI is InChI=1S/C20H23N5O2/c1-3-4-11-27-17-12-13(9-10-16(17)26-2)18-23-19(21)24-20-22-14-7-5-6-8-15(14)25(18)20/h5-10,12,18H,3-4,11H2,1-2H3,(H3,21,22,23,24). The molecule has 1 aromatic heterocycles. The number of nitrogens with two attached hydrogens (primary N) is 1. The molecule has 7 nitrogen and oxygen atoms in total. The molecule has 1 aliphatic heterocycles. The zero-order valence-electron chi connectivity index (χ0n) is 15.5. The van der Waals surface area contributed by atoms with Crippen molar-refractivity contribution in [3.05, 3.63) is 48.0 Å². The monoisotopic (exact) mass is 365 g/mol. The number of unbranched alkanes of at least 4 members (excludes halogenated alkanes) is 1. The van der Waals surface area contributed by atoms with Gasteiger partial charge in [0, 0.05) is 5.56 Å². The molecule has 0 saturated carbocycles. The average Bonchev–Trinajstić information content (AvgIpc) is 3.05. The lowest BCUT2D eigenvalue weighted by Gasteiger charge is -2.24. The molecule has 3 N–H and O–H groups in total. The average molecular weight is 365 g/mol. The van der Waals surface area contributed by atoms with Gasteiger partial charge in [0.25, 0.3) is 0 Å². The third-order valence-corrected chi connectivity index (χ3v) is 4.58. The highest BCUT2D eigenvalue weighted by Crippen LogP contribution is 2.36. The number of aliphatic imine (C=N–C) groups is 1. The number of rotatable bonds is 6. The van der Waals surface area contributed by atoms with Crippen LogP contribution in [-0.2, 0) is 0 Å². The summed E-state index contributed by atoms with van der Waals surface area (Å²) >= 11 is 0. The number of guanidine groups is 1. The van der Waals surface area contributed by atoms with Crippen molar-refractivity contribution >= 4 is 22.9 Å². The number of methoxy groups -OCH3 is 1. The number of imidazole rings is 1. The summed E-state index contributed by atoms with van der Waals surface area (Å²) in [4.78, 5) is 9.25. The van der Waals surface area contributed by atoms with E-state index in [1.54, 1.807) is 7.11 Å². The van der Waals surface area contributed by atoms with Gasteiger partial charge in [-0.25, -0.2) is 9.98 Å². The molecule has 0 fully saturated rings. The van der Waals surface area contributed by atoms with Crippen LogP contribution in [-0.4, -0.2) is 29.2 Å². The molecule has 1 aliphatic rings. The van der Waals surface area contributed by atoms with Gasteiger partial charge in [0.1, 0.15) is 0 Å². The molecule has 0 saturated heterocycles. The summed E-state index contributed by atoms with van der Waals surface area (Å²) in [5.74, 6) is 2.43. The normalized spacial score (nSPS) is 15.8. The molecule has 0 aliphatic carbocycles. The summed E-state index contributed by atoms with van der Waals surface area (Å²) < 4.78 is 13.4. The van der Waals surface area contributed by atoms with Gasteiger partial charge in [-0.1, -0.05) is 31.5 Å². The smallest absolute Gasteiger partial charge is 0.212 e. The van der Waals surface area contributed by atoms with Gasteiger partial charge in [-0.05, 0) is 30.7 Å². The van der Waals surface area contributed by atoms with Crippen molar-refractivity contribution in [2.45, 2.75) is 25.9 Å². The largest absolute Gasteiger partial charge is 0.493 e. The molecule has 0 amide bonds. The van der Waals surface area contributed by atoms with Gasteiger partial charge in [0.15, 0.2) is 23.6 Å². The fourth-order valence-electron chi connectivity index (χ4n) is 3.23. The quantitative estimate of drug-likeness (QED) is 0.653. The van der Waals surface area contributed by atoms with E-state index in [1.807, 2.05) is 47.0 Å². The molecule has 2 heterocycles. The Morgan fingerprint density at radius 1 is 1.19 bits per heavy atom. The van der Waals surface area contributed by atoms with E-state index in [0.717, 1.165) is 29.4 Å². The zero-order chi connectivity index (χ0) is 18.8. The molecular formula is C20H23N5O2. The lowest BCUT2D eigenvalue weighted by Crippen LogP contribution is -2.31. The lowest BCUT2D eigenvalue weighted by molar-refractivity contribution is 0.287. The van der Waals surface area contributed by atoms with E-state index in [2.05, 4.69) is 22.2 Å². The van der Waals surface area contributed by atoms with Crippen molar-refractivity contribution in [2.75, 3.05) is 19.0 Å². The molecular weight excluding hydrogens is 342 g/mol. The number of para-hydroxylation sites is 2. The summed E-state index contributed by atoms with van der Waals surface area (Å²) in [6.07, 6.45) is 1.73. The number of ether oxygens (including phenoxy) is 2. The maximum atomic E-state index is 6.02. The van der Waals surface area contributed by atoms with E-state index in [9.17, 15) is 0 Å². The predicted molar refractivity (Wildman–Crippen MR) is 107 cm³/mol. The van der Waals surface area contributed by atoms with Crippen molar-refractivity contribution in [1.82, 2.24) is 9.55 Å². The van der Waals surface area contributed by atoms with Gasteiger partial charge in [-0.15, -0.1) is 0 Å². The molecule has 0 spiro atoms. The lowest BCUT2D eigenvalue weighted by atomic mass is 10.1. The van der Waals surface area contributed by atoms with Crippen LogP contribution in [0.4, 0.5) is 5.95 Å². The first-order valence-corrected chi connectivity index (χ1v) is 9.09. The van der Waals surface area contributed by atoms with Crippen molar-refractivity contribution in [3.8, 4) is 11.5 Å². The second kappa shape index (κ2) is 7.19. The first-order valence-electron chi connectivity index (χ1n) is 9.09. The number of fused-ring (bicyclic) bond motifs is 3. The Labute approximate surface area is 157 Å². The Morgan fingerprint density at radius 2 is 2.04 bits per heavy atom. The van der Waals surface area contributed by atoms with Crippen molar-refractivity contribution in [2.24, 2.45) is 10.7 Å².